The van der Waals surface area contributed by atoms with E-state index in [0.29, 0.717) is 11.3 Å². The molecule has 2 N–H and O–H groups in total. The van der Waals surface area contributed by atoms with Gasteiger partial charge < -0.3 is 15.5 Å². The number of hydrogen-bond donors (Lipinski definition) is 1. The molecule has 0 aromatic heterocycles. The van der Waals surface area contributed by atoms with Crippen LogP contribution in [-0.4, -0.2) is 48.9 Å². The average molecular weight is 247 g/mol. The number of nitrogen functional groups attached to an aromatic ring is 1. The number of nitrogens with zero attached hydrogens (tertiary/aromatic N) is 2. The number of likely N-dealkylation sites (N-methyl/N-ethyl adjacent to an activating group) is 1. The normalized spacial score (nSPS) is 17.6. The smallest absolute Gasteiger partial charge is 0.256 e. The maximum atomic E-state index is 12.5. The van der Waals surface area contributed by atoms with E-state index in [9.17, 15) is 4.79 Å². The van der Waals surface area contributed by atoms with Gasteiger partial charge in [0.2, 0.25) is 0 Å². The van der Waals surface area contributed by atoms with Crippen molar-refractivity contribution >= 4 is 11.6 Å². The number of carbonyl (C=O) groups excluding carboxylic acids is 1. The SMILES string of the molecule is Cc1cccc(N)c1C(=O)N1CCCN(C)CC1. The molecule has 0 saturated carbocycles. The molecule has 1 aromatic rings. The number of rotatable bonds is 1. The minimum absolute atomic E-state index is 0.0703. The summed E-state index contributed by atoms with van der Waals surface area (Å²) < 4.78 is 0. The molecule has 2 rings (SSSR count). The predicted molar refractivity (Wildman–Crippen MR) is 73.6 cm³/mol. The summed E-state index contributed by atoms with van der Waals surface area (Å²) in [6.45, 7) is 5.51. The van der Waals surface area contributed by atoms with Crippen LogP contribution in [0.1, 0.15) is 22.3 Å². The van der Waals surface area contributed by atoms with Crippen LogP contribution in [0.25, 0.3) is 0 Å². The van der Waals surface area contributed by atoms with Gasteiger partial charge in [-0.1, -0.05) is 12.1 Å². The second kappa shape index (κ2) is 5.40. The van der Waals surface area contributed by atoms with E-state index in [1.807, 2.05) is 24.0 Å². The molecule has 1 fully saturated rings. The second-order valence-corrected chi connectivity index (χ2v) is 4.99. The first kappa shape index (κ1) is 12.9. The Morgan fingerprint density at radius 3 is 2.72 bits per heavy atom. The Balaban J connectivity index is 2.20. The molecular formula is C14H21N3O. The number of anilines is 1. The highest BCUT2D eigenvalue weighted by Crippen LogP contribution is 2.19. The summed E-state index contributed by atoms with van der Waals surface area (Å²) >= 11 is 0. The van der Waals surface area contributed by atoms with Gasteiger partial charge in [0, 0.05) is 25.3 Å². The van der Waals surface area contributed by atoms with Gasteiger partial charge in [-0.05, 0) is 38.6 Å². The second-order valence-electron chi connectivity index (χ2n) is 4.99. The van der Waals surface area contributed by atoms with Crippen molar-refractivity contribution in [2.24, 2.45) is 0 Å². The van der Waals surface area contributed by atoms with Gasteiger partial charge in [-0.15, -0.1) is 0 Å². The minimum atomic E-state index is 0.0703. The highest BCUT2D eigenvalue weighted by atomic mass is 16.2. The number of nitrogens with two attached hydrogens (primary N) is 1. The van der Waals surface area contributed by atoms with Crippen LogP contribution in [0.4, 0.5) is 5.69 Å². The van der Waals surface area contributed by atoms with Crippen LogP contribution in [0.3, 0.4) is 0 Å². The molecular weight excluding hydrogens is 226 g/mol. The Labute approximate surface area is 108 Å². The van der Waals surface area contributed by atoms with Gasteiger partial charge >= 0.3 is 0 Å². The third kappa shape index (κ3) is 2.64. The zero-order valence-corrected chi connectivity index (χ0v) is 11.1. The molecule has 1 amide bonds. The Morgan fingerprint density at radius 1 is 1.22 bits per heavy atom. The molecule has 0 bridgehead atoms. The third-order valence-electron chi connectivity index (χ3n) is 3.53. The van der Waals surface area contributed by atoms with Gasteiger partial charge in [0.1, 0.15) is 0 Å². The van der Waals surface area contributed by atoms with Crippen molar-refractivity contribution in [1.82, 2.24) is 9.80 Å². The van der Waals surface area contributed by atoms with Gasteiger partial charge in [0.05, 0.1) is 5.56 Å². The van der Waals surface area contributed by atoms with E-state index >= 15 is 0 Å². The fraction of sp³-hybridized carbons (Fsp3) is 0.500. The van der Waals surface area contributed by atoms with Crippen molar-refractivity contribution in [1.29, 1.82) is 0 Å². The quantitative estimate of drug-likeness (QED) is 0.762. The van der Waals surface area contributed by atoms with E-state index in [4.69, 9.17) is 5.73 Å². The van der Waals surface area contributed by atoms with Crippen molar-refractivity contribution in [2.45, 2.75) is 13.3 Å². The maximum Gasteiger partial charge on any atom is 0.256 e. The molecule has 0 radical (unpaired) electrons. The fourth-order valence-electron chi connectivity index (χ4n) is 2.39. The monoisotopic (exact) mass is 247 g/mol. The zero-order chi connectivity index (χ0) is 13.1. The lowest BCUT2D eigenvalue weighted by Gasteiger charge is -2.22. The summed E-state index contributed by atoms with van der Waals surface area (Å²) in [6.07, 6.45) is 1.02. The van der Waals surface area contributed by atoms with Crippen molar-refractivity contribution in [3.8, 4) is 0 Å². The molecule has 4 nitrogen and oxygen atoms in total. The molecule has 0 atom stereocenters. The molecule has 1 aliphatic rings. The van der Waals surface area contributed by atoms with E-state index < -0.39 is 0 Å². The molecule has 4 heteroatoms. The van der Waals surface area contributed by atoms with E-state index in [2.05, 4.69) is 11.9 Å². The highest BCUT2D eigenvalue weighted by Gasteiger charge is 2.21. The van der Waals surface area contributed by atoms with Crippen molar-refractivity contribution < 1.29 is 4.79 Å². The molecule has 0 unspecified atom stereocenters. The van der Waals surface area contributed by atoms with Crippen molar-refractivity contribution in [2.75, 3.05) is 39.0 Å². The van der Waals surface area contributed by atoms with Crippen LogP contribution < -0.4 is 5.73 Å². The summed E-state index contributed by atoms with van der Waals surface area (Å²) in [6, 6.07) is 5.62. The number of amides is 1. The Kier molecular flexibility index (Phi) is 3.87. The molecule has 98 valence electrons. The summed E-state index contributed by atoms with van der Waals surface area (Å²) in [5.41, 5.74) is 8.14. The van der Waals surface area contributed by atoms with E-state index in [1.54, 1.807) is 6.07 Å². The van der Waals surface area contributed by atoms with E-state index in [-0.39, 0.29) is 5.91 Å². The molecule has 1 heterocycles. The average Bonchev–Trinajstić information content (AvgIpc) is 2.53. The van der Waals surface area contributed by atoms with Crippen molar-refractivity contribution in [3.05, 3.63) is 29.3 Å². The largest absolute Gasteiger partial charge is 0.398 e. The van der Waals surface area contributed by atoms with Crippen LogP contribution in [-0.2, 0) is 0 Å². The standard InChI is InChI=1S/C14H21N3O/c1-11-5-3-6-12(15)13(11)14(18)17-8-4-7-16(2)9-10-17/h3,5-6H,4,7-10,15H2,1-2H3. The van der Waals surface area contributed by atoms with Crippen molar-refractivity contribution in [3.63, 3.8) is 0 Å². The molecule has 1 saturated heterocycles. The van der Waals surface area contributed by atoms with E-state index in [1.165, 1.54) is 0 Å². The van der Waals surface area contributed by atoms with Crippen LogP contribution in [0.15, 0.2) is 18.2 Å². The van der Waals surface area contributed by atoms with Gasteiger partial charge in [-0.25, -0.2) is 0 Å². The first-order chi connectivity index (χ1) is 8.59. The summed E-state index contributed by atoms with van der Waals surface area (Å²) in [4.78, 5) is 16.7. The topological polar surface area (TPSA) is 49.6 Å². The van der Waals surface area contributed by atoms with Crippen LogP contribution in [0.2, 0.25) is 0 Å². The number of benzene rings is 1. The van der Waals surface area contributed by atoms with E-state index in [0.717, 1.165) is 38.2 Å². The predicted octanol–water partition coefficient (Wildman–Crippen LogP) is 1.35. The van der Waals surface area contributed by atoms with Crippen LogP contribution in [0, 0.1) is 6.92 Å². The number of hydrogen-bond acceptors (Lipinski definition) is 3. The first-order valence-corrected chi connectivity index (χ1v) is 6.42. The Morgan fingerprint density at radius 2 is 2.00 bits per heavy atom. The third-order valence-corrected chi connectivity index (χ3v) is 3.53. The summed E-state index contributed by atoms with van der Waals surface area (Å²) in [5.74, 6) is 0.0703. The lowest BCUT2D eigenvalue weighted by molar-refractivity contribution is 0.0763. The molecule has 1 aliphatic heterocycles. The highest BCUT2D eigenvalue weighted by molar-refractivity contribution is 6.00. The molecule has 0 spiro atoms. The molecule has 1 aromatic carbocycles. The molecule has 18 heavy (non-hydrogen) atoms. The van der Waals surface area contributed by atoms with Gasteiger partial charge in [-0.2, -0.15) is 0 Å². The minimum Gasteiger partial charge on any atom is -0.398 e. The Bertz CT molecular complexity index is 424. The summed E-state index contributed by atoms with van der Waals surface area (Å²) in [7, 11) is 2.09. The zero-order valence-electron chi connectivity index (χ0n) is 11.1. The Hall–Kier alpha value is -1.55. The lowest BCUT2D eigenvalue weighted by Crippen LogP contribution is -2.35. The first-order valence-electron chi connectivity index (χ1n) is 6.42. The van der Waals surface area contributed by atoms with Gasteiger partial charge in [0.25, 0.3) is 5.91 Å². The molecule has 0 aliphatic carbocycles. The number of aryl methyl sites for hydroxylation is 1. The summed E-state index contributed by atoms with van der Waals surface area (Å²) in [5, 5.41) is 0. The fourth-order valence-corrected chi connectivity index (χ4v) is 2.39. The van der Waals surface area contributed by atoms with Crippen LogP contribution in [0.5, 0.6) is 0 Å². The maximum absolute atomic E-state index is 12.5. The lowest BCUT2D eigenvalue weighted by atomic mass is 10.1. The van der Waals surface area contributed by atoms with Gasteiger partial charge in [-0.3, -0.25) is 4.79 Å². The number of carbonyl (C=O) groups is 1. The van der Waals surface area contributed by atoms with Crippen LogP contribution >= 0.6 is 0 Å². The van der Waals surface area contributed by atoms with Gasteiger partial charge in [0.15, 0.2) is 0 Å².